The summed E-state index contributed by atoms with van der Waals surface area (Å²) in [5, 5.41) is 10.8. The Hall–Kier alpha value is -2.84. The van der Waals surface area contributed by atoms with Gasteiger partial charge in [0.15, 0.2) is 16.7 Å². The summed E-state index contributed by atoms with van der Waals surface area (Å²) in [6, 6.07) is 5.13. The summed E-state index contributed by atoms with van der Waals surface area (Å²) in [5.41, 5.74) is 1.06. The Kier molecular flexibility index (Phi) is 5.29. The Morgan fingerprint density at radius 1 is 1.33 bits per heavy atom. The number of fused-ring (bicyclic) bond motifs is 1. The molecule has 0 fully saturated rings. The van der Waals surface area contributed by atoms with Crippen LogP contribution in [0.15, 0.2) is 48.0 Å². The monoisotopic (exact) mass is 445 g/mol. The molecule has 3 aromatic rings. The van der Waals surface area contributed by atoms with Gasteiger partial charge in [0.05, 0.1) is 26.9 Å². The van der Waals surface area contributed by atoms with Crippen molar-refractivity contribution in [3.63, 3.8) is 0 Å². The first-order valence-electron chi connectivity index (χ1n) is 9.23. The molecule has 1 atom stereocenters. The van der Waals surface area contributed by atoms with Crippen molar-refractivity contribution in [2.75, 3.05) is 4.90 Å². The third-order valence-electron chi connectivity index (χ3n) is 4.75. The molecular weight excluding hydrogens is 429 g/mol. The fraction of sp³-hybridized carbons (Fsp3) is 0.238. The minimum absolute atomic E-state index is 0.0309. The van der Waals surface area contributed by atoms with Crippen LogP contribution in [0.25, 0.3) is 10.2 Å². The number of aliphatic hydroxyl groups is 1. The fourth-order valence-electron chi connectivity index (χ4n) is 3.44. The number of nitrogens with zero attached hydrogens (tertiary/aromatic N) is 3. The van der Waals surface area contributed by atoms with Crippen LogP contribution in [0.1, 0.15) is 31.9 Å². The fourth-order valence-corrected chi connectivity index (χ4v) is 4.60. The van der Waals surface area contributed by atoms with E-state index in [0.717, 1.165) is 11.3 Å². The summed E-state index contributed by atoms with van der Waals surface area (Å²) >= 11 is 6.94. The lowest BCUT2D eigenvalue weighted by Crippen LogP contribution is -2.31. The third kappa shape index (κ3) is 3.46. The number of anilines is 1. The molecule has 6 nitrogen and oxygen atoms in total. The Labute approximate surface area is 180 Å². The zero-order chi connectivity index (χ0) is 21.6. The predicted molar refractivity (Wildman–Crippen MR) is 113 cm³/mol. The van der Waals surface area contributed by atoms with Gasteiger partial charge in [0, 0.05) is 18.8 Å². The van der Waals surface area contributed by atoms with Gasteiger partial charge in [0.25, 0.3) is 5.91 Å². The summed E-state index contributed by atoms with van der Waals surface area (Å²) in [5.74, 6) is -2.17. The Morgan fingerprint density at radius 3 is 2.70 bits per heavy atom. The molecule has 1 N–H and O–H groups in total. The van der Waals surface area contributed by atoms with Gasteiger partial charge in [-0.05, 0) is 35.7 Å². The van der Waals surface area contributed by atoms with Gasteiger partial charge in [-0.1, -0.05) is 36.8 Å². The van der Waals surface area contributed by atoms with Crippen LogP contribution in [0, 0.1) is 11.7 Å². The maximum absolute atomic E-state index is 13.9. The molecule has 4 rings (SSSR count). The highest BCUT2D eigenvalue weighted by molar-refractivity contribution is 7.22. The van der Waals surface area contributed by atoms with Crippen LogP contribution in [0.5, 0.6) is 0 Å². The molecule has 9 heteroatoms. The van der Waals surface area contributed by atoms with Crippen molar-refractivity contribution in [2.45, 2.75) is 26.3 Å². The summed E-state index contributed by atoms with van der Waals surface area (Å²) in [6.45, 7) is 3.77. The molecular formula is C21H17ClFN3O3S. The summed E-state index contributed by atoms with van der Waals surface area (Å²) in [7, 11) is 0. The van der Waals surface area contributed by atoms with E-state index in [1.54, 1.807) is 24.5 Å². The van der Waals surface area contributed by atoms with Crippen LogP contribution >= 0.6 is 22.9 Å². The molecule has 0 aliphatic carbocycles. The van der Waals surface area contributed by atoms with Crippen LogP contribution in [0.4, 0.5) is 9.52 Å². The van der Waals surface area contributed by atoms with E-state index < -0.39 is 23.5 Å². The minimum atomic E-state index is -0.854. The molecule has 1 unspecified atom stereocenters. The first kappa shape index (κ1) is 20.4. The van der Waals surface area contributed by atoms with E-state index >= 15 is 0 Å². The van der Waals surface area contributed by atoms with Crippen molar-refractivity contribution >= 4 is 50.0 Å². The number of thiazole rings is 1. The van der Waals surface area contributed by atoms with Crippen LogP contribution in [0.2, 0.25) is 5.02 Å². The van der Waals surface area contributed by atoms with Gasteiger partial charge in [-0.25, -0.2) is 9.37 Å². The van der Waals surface area contributed by atoms with Crippen molar-refractivity contribution in [3.05, 3.63) is 64.4 Å². The third-order valence-corrected chi connectivity index (χ3v) is 6.06. The molecule has 154 valence electrons. The van der Waals surface area contributed by atoms with Gasteiger partial charge in [0.1, 0.15) is 5.82 Å². The van der Waals surface area contributed by atoms with E-state index in [0.29, 0.717) is 15.8 Å². The number of pyridine rings is 1. The number of carbonyl (C=O) groups is 2. The molecule has 0 saturated carbocycles. The van der Waals surface area contributed by atoms with Crippen LogP contribution in [-0.2, 0) is 9.59 Å². The molecule has 1 amide bonds. The van der Waals surface area contributed by atoms with Gasteiger partial charge >= 0.3 is 0 Å². The average Bonchev–Trinajstić information content (AvgIpc) is 3.20. The molecule has 3 heterocycles. The number of halogens is 2. The van der Waals surface area contributed by atoms with Crippen LogP contribution in [-0.4, -0.2) is 26.8 Å². The van der Waals surface area contributed by atoms with E-state index in [9.17, 15) is 19.1 Å². The second-order valence-corrected chi connectivity index (χ2v) is 8.79. The second kappa shape index (κ2) is 7.77. The number of rotatable bonds is 5. The zero-order valence-corrected chi connectivity index (χ0v) is 17.7. The number of hydrogen-bond donors (Lipinski definition) is 1. The number of carbonyl (C=O) groups excluding carboxylic acids is 2. The smallest absolute Gasteiger partial charge is 0.296 e. The predicted octanol–water partition coefficient (Wildman–Crippen LogP) is 5.00. The SMILES string of the molecule is CC(C)CC(=O)C1=C(O)C(=O)N(c2nc3cc(Cl)c(F)cc3s2)C1c1ccncc1. The standard InChI is InChI=1S/C21H17ClFN3O3S/c1-10(2)7-15(27)17-18(11-3-5-24-6-4-11)26(20(29)19(17)28)21-25-14-8-12(22)13(23)9-16(14)30-21/h3-6,8-10,18,28H,7H2,1-2H3. The topological polar surface area (TPSA) is 83.4 Å². The lowest BCUT2D eigenvalue weighted by Gasteiger charge is -2.24. The maximum Gasteiger partial charge on any atom is 0.296 e. The molecule has 2 aromatic heterocycles. The summed E-state index contributed by atoms with van der Waals surface area (Å²) in [4.78, 5) is 35.6. The molecule has 0 radical (unpaired) electrons. The lowest BCUT2D eigenvalue weighted by atomic mass is 9.93. The van der Waals surface area contributed by atoms with Gasteiger partial charge in [-0.2, -0.15) is 0 Å². The number of hydrogen-bond acceptors (Lipinski definition) is 6. The minimum Gasteiger partial charge on any atom is -0.503 e. The van der Waals surface area contributed by atoms with E-state index in [2.05, 4.69) is 9.97 Å². The van der Waals surface area contributed by atoms with Crippen molar-refractivity contribution in [1.29, 1.82) is 0 Å². The molecule has 0 spiro atoms. The normalized spacial score (nSPS) is 16.9. The van der Waals surface area contributed by atoms with Crippen molar-refractivity contribution in [2.24, 2.45) is 5.92 Å². The number of amides is 1. The summed E-state index contributed by atoms with van der Waals surface area (Å²) < 4.78 is 14.4. The first-order valence-corrected chi connectivity index (χ1v) is 10.4. The largest absolute Gasteiger partial charge is 0.503 e. The summed E-state index contributed by atoms with van der Waals surface area (Å²) in [6.07, 6.45) is 3.28. The van der Waals surface area contributed by atoms with Crippen LogP contribution in [0.3, 0.4) is 0 Å². The first-order chi connectivity index (χ1) is 14.3. The number of aliphatic hydroxyl groups excluding tert-OH is 1. The van der Waals surface area contributed by atoms with E-state index in [1.807, 2.05) is 13.8 Å². The Bertz CT molecular complexity index is 1150. The average molecular weight is 446 g/mol. The van der Waals surface area contributed by atoms with Crippen molar-refractivity contribution < 1.29 is 19.1 Å². The number of aromatic nitrogens is 2. The van der Waals surface area contributed by atoms with E-state index in [-0.39, 0.29) is 33.8 Å². The van der Waals surface area contributed by atoms with Gasteiger partial charge in [-0.3, -0.25) is 19.5 Å². The number of benzene rings is 1. The quantitative estimate of drug-likeness (QED) is 0.597. The van der Waals surface area contributed by atoms with Gasteiger partial charge in [-0.15, -0.1) is 0 Å². The lowest BCUT2D eigenvalue weighted by molar-refractivity contribution is -0.118. The van der Waals surface area contributed by atoms with Gasteiger partial charge < -0.3 is 5.11 Å². The Morgan fingerprint density at radius 2 is 2.03 bits per heavy atom. The number of Topliss-reactive ketones (excluding diaryl/α,β-unsaturated/α-hetero) is 1. The maximum atomic E-state index is 13.9. The molecule has 1 aliphatic heterocycles. The molecule has 1 aliphatic rings. The number of ketones is 1. The Balaban J connectivity index is 1.86. The molecule has 30 heavy (non-hydrogen) atoms. The molecule has 0 saturated heterocycles. The van der Waals surface area contributed by atoms with E-state index in [4.69, 9.17) is 11.6 Å². The zero-order valence-electron chi connectivity index (χ0n) is 16.1. The highest BCUT2D eigenvalue weighted by Gasteiger charge is 2.45. The van der Waals surface area contributed by atoms with Crippen LogP contribution < -0.4 is 4.90 Å². The van der Waals surface area contributed by atoms with Crippen molar-refractivity contribution in [1.82, 2.24) is 9.97 Å². The highest BCUT2D eigenvalue weighted by Crippen LogP contribution is 2.44. The highest BCUT2D eigenvalue weighted by atomic mass is 35.5. The second-order valence-electron chi connectivity index (χ2n) is 7.37. The molecule has 1 aromatic carbocycles. The van der Waals surface area contributed by atoms with Gasteiger partial charge in [0.2, 0.25) is 0 Å². The molecule has 0 bridgehead atoms. The van der Waals surface area contributed by atoms with Crippen molar-refractivity contribution in [3.8, 4) is 0 Å². The van der Waals surface area contributed by atoms with E-state index in [1.165, 1.54) is 17.0 Å².